The molecule has 0 aliphatic heterocycles. The largest absolute Gasteiger partial charge is 0.466 e. The number of nitrogens with zero attached hydrogens (tertiary/aromatic N) is 5. The Morgan fingerprint density at radius 1 is 1.14 bits per heavy atom. The second kappa shape index (κ2) is 13.4. The van der Waals surface area contributed by atoms with Crippen LogP contribution in [0.15, 0.2) is 71.9 Å². The molecule has 0 saturated carbocycles. The van der Waals surface area contributed by atoms with E-state index in [-0.39, 0.29) is 31.4 Å². The number of aliphatic imine (C=N–C) groups is 1. The number of likely N-dealkylation sites (N-methyl/N-ethyl adjacent to an activating group) is 1. The Kier molecular flexibility index (Phi) is 9.74. The van der Waals surface area contributed by atoms with Crippen molar-refractivity contribution in [2.75, 3.05) is 48.4 Å². The smallest absolute Gasteiger partial charge is 0.307 e. The van der Waals surface area contributed by atoms with Crippen molar-refractivity contribution >= 4 is 41.5 Å². The van der Waals surface area contributed by atoms with E-state index in [1.54, 1.807) is 55.6 Å². The number of benzene rings is 2. The summed E-state index contributed by atoms with van der Waals surface area (Å²) in [5.74, 6) is -0.235. The van der Waals surface area contributed by atoms with Crippen molar-refractivity contribution in [2.45, 2.75) is 13.3 Å². The average molecular weight is 499 g/mol. The molecule has 3 aromatic rings. The van der Waals surface area contributed by atoms with Gasteiger partial charge in [-0.15, -0.1) is 0 Å². The SMILES string of the molecule is C=Nc1cc(C(=O)N(CCC(=O)OCC)c2ccccn2)ccc1N(C)CCNc1ccc(C#N)cc1. The molecule has 0 aliphatic carbocycles. The molecule has 1 aromatic heterocycles. The molecule has 37 heavy (non-hydrogen) atoms. The van der Waals surface area contributed by atoms with Crippen LogP contribution in [0.25, 0.3) is 0 Å². The normalized spacial score (nSPS) is 10.2. The Morgan fingerprint density at radius 3 is 2.57 bits per heavy atom. The minimum Gasteiger partial charge on any atom is -0.466 e. The molecule has 0 bridgehead atoms. The highest BCUT2D eigenvalue weighted by Gasteiger charge is 2.21. The van der Waals surface area contributed by atoms with Gasteiger partial charge in [-0.1, -0.05) is 6.07 Å². The second-order valence-corrected chi connectivity index (χ2v) is 8.10. The number of pyridine rings is 1. The molecule has 0 atom stereocenters. The maximum Gasteiger partial charge on any atom is 0.307 e. The molecular formula is C28H30N6O3. The van der Waals surface area contributed by atoms with Crippen molar-refractivity contribution < 1.29 is 14.3 Å². The predicted molar refractivity (Wildman–Crippen MR) is 146 cm³/mol. The van der Waals surface area contributed by atoms with Crippen molar-refractivity contribution in [3.8, 4) is 6.07 Å². The molecule has 1 amide bonds. The van der Waals surface area contributed by atoms with Gasteiger partial charge in [0.15, 0.2) is 0 Å². The van der Waals surface area contributed by atoms with Crippen LogP contribution in [0, 0.1) is 11.3 Å². The Balaban J connectivity index is 1.72. The fourth-order valence-corrected chi connectivity index (χ4v) is 3.68. The van der Waals surface area contributed by atoms with E-state index in [4.69, 9.17) is 10.00 Å². The number of nitrogens with one attached hydrogen (secondary N) is 1. The fraction of sp³-hybridized carbons (Fsp3) is 0.250. The van der Waals surface area contributed by atoms with Crippen LogP contribution in [-0.2, 0) is 9.53 Å². The lowest BCUT2D eigenvalue weighted by atomic mass is 10.1. The molecule has 9 heteroatoms. The number of carbonyl (C=O) groups excluding carboxylic acids is 2. The molecule has 1 N–H and O–H groups in total. The molecule has 0 saturated heterocycles. The number of nitriles is 1. The van der Waals surface area contributed by atoms with Gasteiger partial charge in [-0.2, -0.15) is 5.26 Å². The summed E-state index contributed by atoms with van der Waals surface area (Å²) in [5.41, 5.74) is 3.33. The van der Waals surface area contributed by atoms with Gasteiger partial charge >= 0.3 is 5.97 Å². The molecule has 0 fully saturated rings. The van der Waals surface area contributed by atoms with Gasteiger partial charge < -0.3 is 15.0 Å². The van der Waals surface area contributed by atoms with Crippen LogP contribution in [0.2, 0.25) is 0 Å². The number of anilines is 3. The first-order valence-corrected chi connectivity index (χ1v) is 11.9. The zero-order valence-electron chi connectivity index (χ0n) is 21.1. The average Bonchev–Trinajstić information content (AvgIpc) is 2.93. The third-order valence-corrected chi connectivity index (χ3v) is 5.61. The summed E-state index contributed by atoms with van der Waals surface area (Å²) in [6.07, 6.45) is 1.65. The maximum absolute atomic E-state index is 13.5. The monoisotopic (exact) mass is 498 g/mol. The van der Waals surface area contributed by atoms with Gasteiger partial charge in [-0.3, -0.25) is 19.5 Å². The van der Waals surface area contributed by atoms with Crippen LogP contribution < -0.4 is 15.1 Å². The summed E-state index contributed by atoms with van der Waals surface area (Å²) in [6.45, 7) is 7.16. The predicted octanol–water partition coefficient (Wildman–Crippen LogP) is 4.43. The minimum atomic E-state index is -0.378. The van der Waals surface area contributed by atoms with Crippen LogP contribution in [0.5, 0.6) is 0 Å². The lowest BCUT2D eigenvalue weighted by molar-refractivity contribution is -0.142. The third-order valence-electron chi connectivity index (χ3n) is 5.61. The van der Waals surface area contributed by atoms with Crippen molar-refractivity contribution in [1.29, 1.82) is 5.26 Å². The van der Waals surface area contributed by atoms with E-state index in [2.05, 4.69) is 28.1 Å². The highest BCUT2D eigenvalue weighted by atomic mass is 16.5. The molecule has 190 valence electrons. The molecule has 0 unspecified atom stereocenters. The Bertz CT molecular complexity index is 1260. The summed E-state index contributed by atoms with van der Waals surface area (Å²) in [5, 5.41) is 12.3. The van der Waals surface area contributed by atoms with Gasteiger partial charge in [0, 0.05) is 44.1 Å². The highest BCUT2D eigenvalue weighted by Crippen LogP contribution is 2.30. The maximum atomic E-state index is 13.5. The first-order chi connectivity index (χ1) is 18.0. The Labute approximate surface area is 217 Å². The number of hydrogen-bond donors (Lipinski definition) is 1. The number of rotatable bonds is 12. The lowest BCUT2D eigenvalue weighted by Crippen LogP contribution is -2.34. The van der Waals surface area contributed by atoms with Crippen LogP contribution >= 0.6 is 0 Å². The standard InChI is InChI=1S/C28H30N6O3/c1-4-37-27(35)14-17-34(26-7-5-6-15-32-26)28(36)22-10-13-25(24(19-22)30-2)33(3)18-16-31-23-11-8-21(20-29)9-12-23/h5-13,15,19,31H,2,4,14,16-18H2,1,3H3. The van der Waals surface area contributed by atoms with Gasteiger partial charge in [0.25, 0.3) is 5.91 Å². The lowest BCUT2D eigenvalue weighted by Gasteiger charge is -2.24. The zero-order chi connectivity index (χ0) is 26.6. The van der Waals surface area contributed by atoms with Gasteiger partial charge in [-0.05, 0) is 68.2 Å². The third kappa shape index (κ3) is 7.39. The summed E-state index contributed by atoms with van der Waals surface area (Å²) >= 11 is 0. The summed E-state index contributed by atoms with van der Waals surface area (Å²) in [7, 11) is 1.94. The van der Waals surface area contributed by atoms with Crippen LogP contribution in [-0.4, -0.2) is 56.9 Å². The number of hydrogen-bond acceptors (Lipinski definition) is 8. The van der Waals surface area contributed by atoms with Crippen molar-refractivity contribution in [2.24, 2.45) is 4.99 Å². The molecule has 0 radical (unpaired) electrons. The van der Waals surface area contributed by atoms with Crippen molar-refractivity contribution in [3.63, 3.8) is 0 Å². The molecular weight excluding hydrogens is 468 g/mol. The molecule has 1 heterocycles. The van der Waals surface area contributed by atoms with Gasteiger partial charge in [-0.25, -0.2) is 4.98 Å². The van der Waals surface area contributed by atoms with E-state index in [0.717, 1.165) is 11.4 Å². The number of carbonyl (C=O) groups is 2. The van der Waals surface area contributed by atoms with Crippen LogP contribution in [0.1, 0.15) is 29.3 Å². The topological polar surface area (TPSA) is 111 Å². The quantitative estimate of drug-likeness (QED) is 0.290. The van der Waals surface area contributed by atoms with Gasteiger partial charge in [0.1, 0.15) is 5.82 Å². The van der Waals surface area contributed by atoms with E-state index in [1.165, 1.54) is 4.90 Å². The van der Waals surface area contributed by atoms with E-state index >= 15 is 0 Å². The van der Waals surface area contributed by atoms with Gasteiger partial charge in [0.2, 0.25) is 0 Å². The molecule has 3 rings (SSSR count). The molecule has 0 aliphatic rings. The Hall–Kier alpha value is -4.71. The number of amides is 1. The van der Waals surface area contributed by atoms with Crippen LogP contribution in [0.3, 0.4) is 0 Å². The zero-order valence-corrected chi connectivity index (χ0v) is 21.1. The highest BCUT2D eigenvalue weighted by molar-refractivity contribution is 6.06. The number of esters is 1. The van der Waals surface area contributed by atoms with Crippen molar-refractivity contribution in [1.82, 2.24) is 4.98 Å². The van der Waals surface area contributed by atoms with Crippen molar-refractivity contribution in [3.05, 3.63) is 78.0 Å². The molecule has 9 nitrogen and oxygen atoms in total. The minimum absolute atomic E-state index is 0.0514. The van der Waals surface area contributed by atoms with E-state index in [9.17, 15) is 9.59 Å². The van der Waals surface area contributed by atoms with E-state index in [0.29, 0.717) is 35.7 Å². The van der Waals surface area contributed by atoms with E-state index < -0.39 is 0 Å². The first kappa shape index (κ1) is 26.9. The Morgan fingerprint density at radius 2 is 1.92 bits per heavy atom. The summed E-state index contributed by atoms with van der Waals surface area (Å²) in [6, 6.07) is 19.9. The summed E-state index contributed by atoms with van der Waals surface area (Å²) < 4.78 is 5.02. The number of ether oxygens (including phenoxy) is 1. The molecule has 0 spiro atoms. The fourth-order valence-electron chi connectivity index (χ4n) is 3.68. The second-order valence-electron chi connectivity index (χ2n) is 8.10. The molecule has 2 aromatic carbocycles. The van der Waals surface area contributed by atoms with Gasteiger partial charge in [0.05, 0.1) is 36.0 Å². The van der Waals surface area contributed by atoms with Crippen LogP contribution in [0.4, 0.5) is 22.9 Å². The first-order valence-electron chi connectivity index (χ1n) is 11.9. The van der Waals surface area contributed by atoms with E-state index in [1.807, 2.05) is 30.1 Å². The summed E-state index contributed by atoms with van der Waals surface area (Å²) in [4.78, 5) is 37.3. The number of aromatic nitrogens is 1.